The van der Waals surface area contributed by atoms with Crippen molar-refractivity contribution in [2.45, 2.75) is 12.8 Å². The number of fused-ring (bicyclic) bond motifs is 3. The molecule has 0 N–H and O–H groups in total. The number of methoxy groups -OCH3 is 1. The summed E-state index contributed by atoms with van der Waals surface area (Å²) in [7, 11) is 1.70. The van der Waals surface area contributed by atoms with Gasteiger partial charge in [0.25, 0.3) is 5.91 Å². The molecular weight excluding hydrogens is 388 g/mol. The van der Waals surface area contributed by atoms with Gasteiger partial charge in [-0.25, -0.2) is 0 Å². The van der Waals surface area contributed by atoms with Crippen molar-refractivity contribution in [1.82, 2.24) is 4.90 Å². The predicted molar refractivity (Wildman–Crippen MR) is 116 cm³/mol. The fraction of sp³-hybridized carbons (Fsp3) is 0.318. The zero-order chi connectivity index (χ0) is 19.1. The van der Waals surface area contributed by atoms with Crippen LogP contribution in [0.5, 0.6) is 5.75 Å². The van der Waals surface area contributed by atoms with Gasteiger partial charge in [0.2, 0.25) is 0 Å². The standard InChI is InChI=1S/C22H22N2O2S2/c1-26-18-5-3-2-4-17(18)23-9-11-24(12-10-23)22(25)20-14-15-6-7-19-16(8-13-27-19)21(15)28-20/h2-5,8,13-14H,6-7,9-12H2,1H3. The topological polar surface area (TPSA) is 32.8 Å². The summed E-state index contributed by atoms with van der Waals surface area (Å²) >= 11 is 3.50. The van der Waals surface area contributed by atoms with Gasteiger partial charge in [-0.15, -0.1) is 22.7 Å². The van der Waals surface area contributed by atoms with Crippen molar-refractivity contribution in [2.24, 2.45) is 0 Å². The van der Waals surface area contributed by atoms with Crippen LogP contribution in [0.4, 0.5) is 5.69 Å². The van der Waals surface area contributed by atoms with E-state index in [2.05, 4.69) is 28.5 Å². The number of thiophene rings is 2. The Bertz CT molecular complexity index is 1020. The minimum absolute atomic E-state index is 0.177. The van der Waals surface area contributed by atoms with Gasteiger partial charge in [-0.1, -0.05) is 12.1 Å². The molecule has 0 saturated carbocycles. The number of hydrogen-bond donors (Lipinski definition) is 0. The van der Waals surface area contributed by atoms with Crippen molar-refractivity contribution in [3.63, 3.8) is 0 Å². The van der Waals surface area contributed by atoms with E-state index in [4.69, 9.17) is 4.74 Å². The van der Waals surface area contributed by atoms with Gasteiger partial charge in [-0.3, -0.25) is 4.79 Å². The number of nitrogens with zero attached hydrogens (tertiary/aromatic N) is 2. The van der Waals surface area contributed by atoms with E-state index in [0.29, 0.717) is 0 Å². The molecule has 5 rings (SSSR count). The van der Waals surface area contributed by atoms with Gasteiger partial charge < -0.3 is 14.5 Å². The lowest BCUT2D eigenvalue weighted by Gasteiger charge is -2.36. The van der Waals surface area contributed by atoms with Crippen molar-refractivity contribution in [1.29, 1.82) is 0 Å². The molecule has 3 aromatic rings. The summed E-state index contributed by atoms with van der Waals surface area (Å²) in [5.74, 6) is 1.07. The first-order chi connectivity index (χ1) is 13.7. The number of carbonyl (C=O) groups is 1. The van der Waals surface area contributed by atoms with Gasteiger partial charge in [0.05, 0.1) is 17.7 Å². The highest BCUT2D eigenvalue weighted by atomic mass is 32.1. The summed E-state index contributed by atoms with van der Waals surface area (Å²) < 4.78 is 5.49. The fourth-order valence-corrected chi connectivity index (χ4v) is 6.31. The smallest absolute Gasteiger partial charge is 0.264 e. The van der Waals surface area contributed by atoms with Gasteiger partial charge in [0, 0.05) is 41.5 Å². The fourth-order valence-electron chi connectivity index (χ4n) is 4.13. The van der Waals surface area contributed by atoms with Crippen LogP contribution in [0.25, 0.3) is 10.4 Å². The molecule has 0 bridgehead atoms. The Morgan fingerprint density at radius 1 is 1.07 bits per heavy atom. The van der Waals surface area contributed by atoms with Crippen LogP contribution < -0.4 is 9.64 Å². The Morgan fingerprint density at radius 2 is 1.89 bits per heavy atom. The van der Waals surface area contributed by atoms with Crippen LogP contribution in [0.15, 0.2) is 41.8 Å². The second kappa shape index (κ2) is 7.26. The van der Waals surface area contributed by atoms with Gasteiger partial charge >= 0.3 is 0 Å². The number of piperazine rings is 1. The zero-order valence-electron chi connectivity index (χ0n) is 15.8. The molecule has 4 nitrogen and oxygen atoms in total. The van der Waals surface area contributed by atoms with E-state index in [1.807, 2.05) is 34.4 Å². The first-order valence-corrected chi connectivity index (χ1v) is 11.3. The van der Waals surface area contributed by atoms with Crippen LogP contribution in [0.2, 0.25) is 0 Å². The highest BCUT2D eigenvalue weighted by molar-refractivity contribution is 7.18. The number of carbonyl (C=O) groups excluding carboxylic acids is 1. The lowest BCUT2D eigenvalue weighted by Crippen LogP contribution is -2.48. The normalized spacial score (nSPS) is 15.9. The predicted octanol–water partition coefficient (Wildman–Crippen LogP) is 4.55. The molecule has 3 heterocycles. The average Bonchev–Trinajstić information content (AvgIpc) is 3.39. The Morgan fingerprint density at radius 3 is 2.71 bits per heavy atom. The number of benzene rings is 1. The van der Waals surface area contributed by atoms with E-state index in [1.54, 1.807) is 18.4 Å². The van der Waals surface area contributed by atoms with E-state index in [-0.39, 0.29) is 5.91 Å². The highest BCUT2D eigenvalue weighted by Crippen LogP contribution is 2.42. The monoisotopic (exact) mass is 410 g/mol. The maximum Gasteiger partial charge on any atom is 0.264 e. The molecule has 0 spiro atoms. The van der Waals surface area contributed by atoms with E-state index in [0.717, 1.165) is 55.3 Å². The molecule has 144 valence electrons. The van der Waals surface area contributed by atoms with E-state index in [1.165, 1.54) is 20.9 Å². The third-order valence-corrected chi connectivity index (χ3v) is 7.80. The Labute approximate surface area is 173 Å². The second-order valence-corrected chi connectivity index (χ2v) is 9.23. The maximum absolute atomic E-state index is 13.1. The molecule has 6 heteroatoms. The molecular formula is C22H22N2O2S2. The first kappa shape index (κ1) is 17.8. The molecule has 1 aliphatic heterocycles. The number of hydrogen-bond acceptors (Lipinski definition) is 5. The van der Waals surface area contributed by atoms with Crippen molar-refractivity contribution >= 4 is 34.3 Å². The number of aryl methyl sites for hydroxylation is 2. The molecule has 0 unspecified atom stereocenters. The van der Waals surface area contributed by atoms with Crippen LogP contribution in [-0.2, 0) is 12.8 Å². The SMILES string of the molecule is COc1ccccc1N1CCN(C(=O)c2cc3c(s2)-c2ccsc2CC3)CC1. The summed E-state index contributed by atoms with van der Waals surface area (Å²) in [5, 5.41) is 2.16. The summed E-state index contributed by atoms with van der Waals surface area (Å²) in [6.07, 6.45) is 2.15. The molecule has 28 heavy (non-hydrogen) atoms. The van der Waals surface area contributed by atoms with Crippen molar-refractivity contribution in [3.05, 3.63) is 57.1 Å². The van der Waals surface area contributed by atoms with Crippen molar-refractivity contribution in [2.75, 3.05) is 38.2 Å². The quantitative estimate of drug-likeness (QED) is 0.635. The van der Waals surface area contributed by atoms with Crippen LogP contribution in [0.1, 0.15) is 20.1 Å². The minimum Gasteiger partial charge on any atom is -0.495 e. The average molecular weight is 411 g/mol. The minimum atomic E-state index is 0.177. The second-order valence-electron chi connectivity index (χ2n) is 7.17. The molecule has 1 fully saturated rings. The number of para-hydroxylation sites is 2. The highest BCUT2D eigenvalue weighted by Gasteiger charge is 2.27. The van der Waals surface area contributed by atoms with Crippen molar-refractivity contribution < 1.29 is 9.53 Å². The molecule has 1 aromatic carbocycles. The van der Waals surface area contributed by atoms with E-state index < -0.39 is 0 Å². The zero-order valence-corrected chi connectivity index (χ0v) is 17.4. The van der Waals surface area contributed by atoms with Crippen LogP contribution in [0.3, 0.4) is 0 Å². The van der Waals surface area contributed by atoms with Crippen LogP contribution in [-0.4, -0.2) is 44.1 Å². The van der Waals surface area contributed by atoms with Gasteiger partial charge in [0.15, 0.2) is 0 Å². The third-order valence-electron chi connectivity index (χ3n) is 5.62. The third kappa shape index (κ3) is 3.01. The Balaban J connectivity index is 1.31. The van der Waals surface area contributed by atoms with E-state index in [9.17, 15) is 4.79 Å². The van der Waals surface area contributed by atoms with E-state index >= 15 is 0 Å². The summed E-state index contributed by atoms with van der Waals surface area (Å²) in [6, 6.07) is 12.4. The maximum atomic E-state index is 13.1. The number of rotatable bonds is 3. The summed E-state index contributed by atoms with van der Waals surface area (Å²) in [6.45, 7) is 3.13. The summed E-state index contributed by atoms with van der Waals surface area (Å²) in [5.41, 5.74) is 3.79. The molecule has 1 saturated heterocycles. The lowest BCUT2D eigenvalue weighted by atomic mass is 9.98. The van der Waals surface area contributed by atoms with Crippen LogP contribution in [0, 0.1) is 0 Å². The van der Waals surface area contributed by atoms with Gasteiger partial charge in [-0.05, 0) is 48.1 Å². The van der Waals surface area contributed by atoms with Crippen molar-refractivity contribution in [3.8, 4) is 16.2 Å². The lowest BCUT2D eigenvalue weighted by molar-refractivity contribution is 0.0751. The summed E-state index contributed by atoms with van der Waals surface area (Å²) in [4.78, 5) is 21.1. The number of amides is 1. The molecule has 0 atom stereocenters. The van der Waals surface area contributed by atoms with Crippen LogP contribution >= 0.6 is 22.7 Å². The molecule has 1 amide bonds. The van der Waals surface area contributed by atoms with Gasteiger partial charge in [-0.2, -0.15) is 0 Å². The first-order valence-electron chi connectivity index (χ1n) is 9.61. The number of anilines is 1. The molecule has 2 aromatic heterocycles. The van der Waals surface area contributed by atoms with Gasteiger partial charge in [0.1, 0.15) is 5.75 Å². The molecule has 1 aliphatic carbocycles. The Hall–Kier alpha value is -2.31. The molecule has 2 aliphatic rings. The number of ether oxygens (including phenoxy) is 1. The largest absolute Gasteiger partial charge is 0.495 e. The Kier molecular flexibility index (Phi) is 4.61. The molecule has 0 radical (unpaired) electrons.